The summed E-state index contributed by atoms with van der Waals surface area (Å²) >= 11 is 0. The van der Waals surface area contributed by atoms with E-state index in [9.17, 15) is 79.0 Å². The molecule has 0 unspecified atom stereocenters. The second kappa shape index (κ2) is 12.2. The predicted octanol–water partition coefficient (Wildman–Crippen LogP) is 7.85. The molecule has 0 saturated carbocycles. The Morgan fingerprint density at radius 1 is 0.208 bits per heavy atom. The maximum atomic E-state index is 15.1. The summed E-state index contributed by atoms with van der Waals surface area (Å²) in [5.74, 6) is -75.6. The van der Waals surface area contributed by atoms with E-state index in [-0.39, 0.29) is 0 Å². The summed E-state index contributed by atoms with van der Waals surface area (Å²) in [6, 6.07) is 0. The van der Waals surface area contributed by atoms with Crippen molar-refractivity contribution in [3.05, 3.63) is 116 Å². The number of hydrogen-bond acceptors (Lipinski definition) is 3. The first-order valence-corrected chi connectivity index (χ1v) is 11.4. The van der Waals surface area contributed by atoms with Gasteiger partial charge in [0.15, 0.2) is 34.7 Å². The molecule has 0 atom stereocenters. The molecule has 0 saturated heterocycles. The van der Waals surface area contributed by atoms with Gasteiger partial charge in [-0.2, -0.15) is 26.3 Å². The van der Waals surface area contributed by atoms with E-state index < -0.39 is 146 Å². The Labute approximate surface area is 248 Å². The van der Waals surface area contributed by atoms with Crippen molar-refractivity contribution in [2.24, 2.45) is 0 Å². The molecule has 0 aliphatic heterocycles. The van der Waals surface area contributed by atoms with Gasteiger partial charge in [-0.15, -0.1) is 0 Å². The highest BCUT2D eigenvalue weighted by atomic mass is 19.2. The maximum absolute atomic E-state index is 15.1. The highest BCUT2D eigenvalue weighted by Gasteiger charge is 2.51. The Kier molecular flexibility index (Phi) is 9.09. The third-order valence-electron chi connectivity index (χ3n) is 5.92. The van der Waals surface area contributed by atoms with Crippen LogP contribution in [0.1, 0.15) is 0 Å². The van der Waals surface area contributed by atoms with Gasteiger partial charge < -0.3 is 14.0 Å². The zero-order valence-electron chi connectivity index (χ0n) is 21.4. The average Bonchev–Trinajstić information content (AvgIpc) is 3.06. The molecular formula is C24BF20O3-. The molecule has 0 spiro atoms. The smallest absolute Gasteiger partial charge is 0.587 e. The molecule has 24 heteroatoms. The van der Waals surface area contributed by atoms with Crippen molar-refractivity contribution in [1.82, 2.24) is 0 Å². The molecule has 258 valence electrons. The molecule has 3 nitrogen and oxygen atoms in total. The van der Waals surface area contributed by atoms with Gasteiger partial charge in [-0.1, -0.05) is 0 Å². The highest BCUT2D eigenvalue weighted by Crippen LogP contribution is 2.38. The molecule has 4 aromatic carbocycles. The second-order valence-electron chi connectivity index (χ2n) is 8.68. The molecule has 0 amide bonds. The van der Waals surface area contributed by atoms with E-state index in [2.05, 4.69) is 14.0 Å². The van der Waals surface area contributed by atoms with Crippen LogP contribution in [0.2, 0.25) is 0 Å². The van der Waals surface area contributed by atoms with Gasteiger partial charge in [-0.25, -0.2) is 61.5 Å². The summed E-state index contributed by atoms with van der Waals surface area (Å²) < 4.78 is 297. The monoisotopic (exact) mass is 727 g/mol. The van der Waals surface area contributed by atoms with Crippen LogP contribution < -0.4 is 19.4 Å². The van der Waals surface area contributed by atoms with Crippen molar-refractivity contribution in [3.8, 4) is 17.2 Å². The molecule has 0 aliphatic carbocycles. The lowest BCUT2D eigenvalue weighted by atomic mass is 9.67. The summed E-state index contributed by atoms with van der Waals surface area (Å²) in [4.78, 5) is 0. The lowest BCUT2D eigenvalue weighted by Gasteiger charge is -2.43. The molecule has 0 fully saturated rings. The zero-order chi connectivity index (χ0) is 36.5. The van der Waals surface area contributed by atoms with Crippen LogP contribution in [0.15, 0.2) is 0 Å². The fourth-order valence-electron chi connectivity index (χ4n) is 3.71. The van der Waals surface area contributed by atoms with Gasteiger partial charge in [0.1, 0.15) is 11.6 Å². The van der Waals surface area contributed by atoms with Crippen molar-refractivity contribution in [2.75, 3.05) is 0 Å². The van der Waals surface area contributed by atoms with Crippen molar-refractivity contribution >= 4 is 12.2 Å². The van der Waals surface area contributed by atoms with Crippen molar-refractivity contribution in [3.63, 3.8) is 0 Å². The summed E-state index contributed by atoms with van der Waals surface area (Å²) in [7, 11) is 0. The summed E-state index contributed by atoms with van der Waals surface area (Å²) in [5, 5.41) is 0. The molecule has 0 aromatic heterocycles. The molecule has 48 heavy (non-hydrogen) atoms. The molecule has 0 heterocycles. The minimum atomic E-state index is -6.89. The summed E-state index contributed by atoms with van der Waals surface area (Å²) in [5.41, 5.74) is -3.36. The minimum Gasteiger partial charge on any atom is -0.641 e. The molecular weight excluding hydrogens is 727 g/mol. The Hall–Kier alpha value is -5.06. The van der Waals surface area contributed by atoms with Crippen LogP contribution in [0.5, 0.6) is 17.2 Å². The van der Waals surface area contributed by atoms with Gasteiger partial charge in [-0.3, -0.25) is 0 Å². The van der Waals surface area contributed by atoms with E-state index in [1.807, 2.05) is 0 Å². The first-order valence-electron chi connectivity index (χ1n) is 11.4. The van der Waals surface area contributed by atoms with E-state index in [4.69, 9.17) is 0 Å². The maximum Gasteiger partial charge on any atom is 0.587 e. The Morgan fingerprint density at radius 2 is 0.354 bits per heavy atom. The van der Waals surface area contributed by atoms with Gasteiger partial charge in [0, 0.05) is 5.46 Å². The van der Waals surface area contributed by atoms with Gasteiger partial charge in [0.05, 0.1) is 0 Å². The minimum absolute atomic E-state index is 3.13. The second-order valence-corrected chi connectivity index (χ2v) is 8.68. The first-order chi connectivity index (χ1) is 22.1. The third kappa shape index (κ3) is 5.21. The average molecular weight is 727 g/mol. The lowest BCUT2D eigenvalue weighted by molar-refractivity contribution is 0.225. The van der Waals surface area contributed by atoms with E-state index >= 15 is 8.78 Å². The summed E-state index contributed by atoms with van der Waals surface area (Å²) in [6.07, 6.45) is 0. The molecule has 4 aromatic rings. The topological polar surface area (TPSA) is 27.7 Å². The van der Waals surface area contributed by atoms with E-state index in [0.29, 0.717) is 0 Å². The van der Waals surface area contributed by atoms with Gasteiger partial charge >= 0.3 is 6.75 Å². The van der Waals surface area contributed by atoms with Gasteiger partial charge in [0.25, 0.3) is 0 Å². The fourth-order valence-corrected chi connectivity index (χ4v) is 3.71. The van der Waals surface area contributed by atoms with Crippen LogP contribution in [-0.2, 0) is 0 Å². The number of halogens is 20. The molecule has 0 N–H and O–H groups in total. The number of rotatable bonds is 7. The fraction of sp³-hybridized carbons (Fsp3) is 0. The van der Waals surface area contributed by atoms with Gasteiger partial charge in [-0.05, 0) is 0 Å². The Balaban J connectivity index is 2.31. The van der Waals surface area contributed by atoms with Crippen molar-refractivity contribution in [2.45, 2.75) is 0 Å². The van der Waals surface area contributed by atoms with Crippen LogP contribution >= 0.6 is 0 Å². The lowest BCUT2D eigenvalue weighted by Crippen LogP contribution is -2.67. The van der Waals surface area contributed by atoms with E-state index in [1.165, 1.54) is 0 Å². The quantitative estimate of drug-likeness (QED) is 0.0841. The van der Waals surface area contributed by atoms with Crippen molar-refractivity contribution < 1.29 is 102 Å². The van der Waals surface area contributed by atoms with Gasteiger partial charge in [0.2, 0.25) is 87.3 Å². The van der Waals surface area contributed by atoms with Crippen LogP contribution in [-0.4, -0.2) is 6.75 Å². The predicted molar refractivity (Wildman–Crippen MR) is 112 cm³/mol. The molecule has 0 bridgehead atoms. The Morgan fingerprint density at radius 3 is 0.542 bits per heavy atom. The van der Waals surface area contributed by atoms with E-state index in [1.54, 1.807) is 0 Å². The van der Waals surface area contributed by atoms with Crippen LogP contribution in [0.3, 0.4) is 0 Å². The molecule has 4 rings (SSSR count). The highest BCUT2D eigenvalue weighted by molar-refractivity contribution is 6.77. The molecule has 0 aliphatic rings. The van der Waals surface area contributed by atoms with Crippen LogP contribution in [0, 0.1) is 116 Å². The largest absolute Gasteiger partial charge is 0.641 e. The third-order valence-corrected chi connectivity index (χ3v) is 5.92. The summed E-state index contributed by atoms with van der Waals surface area (Å²) in [6.45, 7) is -6.89. The number of benzene rings is 4. The van der Waals surface area contributed by atoms with Crippen LogP contribution in [0.25, 0.3) is 0 Å². The SMILES string of the molecule is Fc1c(F)c(F)c(O[B-](Oc2c(F)c(F)c(F)c(F)c2F)(Oc2c(F)c(F)c(F)c(F)c2F)c2c(F)c(F)c(F)c(F)c2F)c(F)c1F. The first kappa shape index (κ1) is 35.8. The standard InChI is InChI=1S/C24BF20O3/c26-2-1(3(27)5(29)6(30)4(2)28)25(46-22-16(40)10(34)7(31)11(35)17(22)41,47-23-18(42)12(36)8(32)13(37)19(23)43)48-24-20(44)14(38)9(33)15(39)21(24)45/q-1. The van der Waals surface area contributed by atoms with Crippen molar-refractivity contribution in [1.29, 1.82) is 0 Å². The zero-order valence-corrected chi connectivity index (χ0v) is 21.4. The van der Waals surface area contributed by atoms with Crippen LogP contribution in [0.4, 0.5) is 87.8 Å². The Bertz CT molecular complexity index is 1750. The van der Waals surface area contributed by atoms with E-state index in [0.717, 1.165) is 0 Å². The molecule has 0 radical (unpaired) electrons. The normalized spacial score (nSPS) is 11.8. The number of hydrogen-bond donors (Lipinski definition) is 0.